The molecule has 1 unspecified atom stereocenters. The van der Waals surface area contributed by atoms with E-state index < -0.39 is 0 Å². The molecule has 1 aromatic rings. The van der Waals surface area contributed by atoms with Crippen molar-refractivity contribution in [2.75, 3.05) is 26.3 Å². The van der Waals surface area contributed by atoms with Gasteiger partial charge in [0.05, 0.1) is 13.2 Å². The Morgan fingerprint density at radius 3 is 2.85 bits per heavy atom. The van der Waals surface area contributed by atoms with Gasteiger partial charge in [-0.3, -0.25) is 9.58 Å². The minimum atomic E-state index is 0.315. The van der Waals surface area contributed by atoms with E-state index in [-0.39, 0.29) is 0 Å². The van der Waals surface area contributed by atoms with Crippen molar-refractivity contribution in [2.45, 2.75) is 13.1 Å². The first-order chi connectivity index (χ1) is 6.38. The first-order valence-electron chi connectivity index (χ1n) is 4.61. The Hall–Kier alpha value is -0.870. The van der Waals surface area contributed by atoms with Crippen molar-refractivity contribution in [3.63, 3.8) is 0 Å². The highest BCUT2D eigenvalue weighted by Gasteiger charge is 2.17. The van der Waals surface area contributed by atoms with E-state index in [1.165, 1.54) is 0 Å². The Bertz CT molecular complexity index is 241. The fourth-order valence-corrected chi connectivity index (χ4v) is 1.57. The summed E-state index contributed by atoms with van der Waals surface area (Å²) in [5.74, 6) is 0. The second kappa shape index (κ2) is 3.89. The number of hydrogen-bond donors (Lipinski definition) is 0. The Morgan fingerprint density at radius 2 is 2.23 bits per heavy atom. The summed E-state index contributed by atoms with van der Waals surface area (Å²) >= 11 is 0. The number of nitrogens with zero attached hydrogens (tertiary/aromatic N) is 3. The van der Waals surface area contributed by atoms with Crippen LogP contribution in [0.5, 0.6) is 0 Å². The molecule has 1 fully saturated rings. The maximum Gasteiger partial charge on any atom is 0.113 e. The van der Waals surface area contributed by atoms with Crippen molar-refractivity contribution in [1.82, 2.24) is 14.7 Å². The summed E-state index contributed by atoms with van der Waals surface area (Å²) in [5, 5.41) is 4.10. The van der Waals surface area contributed by atoms with Gasteiger partial charge < -0.3 is 4.74 Å². The first-order valence-corrected chi connectivity index (χ1v) is 4.61. The van der Waals surface area contributed by atoms with Gasteiger partial charge in [-0.1, -0.05) is 0 Å². The maximum atomic E-state index is 5.29. The van der Waals surface area contributed by atoms with Crippen LogP contribution in [0, 0.1) is 6.20 Å². The molecule has 1 radical (unpaired) electrons. The zero-order valence-electron chi connectivity index (χ0n) is 7.81. The van der Waals surface area contributed by atoms with E-state index in [4.69, 9.17) is 4.74 Å². The third-order valence-corrected chi connectivity index (χ3v) is 2.43. The summed E-state index contributed by atoms with van der Waals surface area (Å²) in [4.78, 5) is 2.35. The lowest BCUT2D eigenvalue weighted by molar-refractivity contribution is 0.000475. The number of rotatable bonds is 2. The van der Waals surface area contributed by atoms with Crippen LogP contribution in [-0.4, -0.2) is 41.0 Å². The molecule has 0 bridgehead atoms. The topological polar surface area (TPSA) is 30.3 Å². The van der Waals surface area contributed by atoms with Crippen molar-refractivity contribution < 1.29 is 4.74 Å². The van der Waals surface area contributed by atoms with Crippen LogP contribution in [0.3, 0.4) is 0 Å². The molecule has 2 heterocycles. The molecule has 4 nitrogen and oxygen atoms in total. The van der Waals surface area contributed by atoms with Crippen LogP contribution < -0.4 is 0 Å². The second-order valence-electron chi connectivity index (χ2n) is 3.21. The number of hydrogen-bond acceptors (Lipinski definition) is 3. The molecule has 71 valence electrons. The predicted molar refractivity (Wildman–Crippen MR) is 48.2 cm³/mol. The lowest BCUT2D eigenvalue weighted by Gasteiger charge is -2.32. The van der Waals surface area contributed by atoms with Gasteiger partial charge in [-0.2, -0.15) is 5.10 Å². The quantitative estimate of drug-likeness (QED) is 0.665. The smallest absolute Gasteiger partial charge is 0.113 e. The minimum absolute atomic E-state index is 0.315. The van der Waals surface area contributed by atoms with Gasteiger partial charge in [0.1, 0.15) is 12.4 Å². The molecule has 2 rings (SSSR count). The standard InChI is InChI=1S/C9H14N3O/c1-9(12-4-2-3-10-12)11-5-7-13-8-6-11/h2,4,9H,5-8H2,1H3. The summed E-state index contributed by atoms with van der Waals surface area (Å²) in [6.45, 7) is 5.78. The minimum Gasteiger partial charge on any atom is -0.379 e. The maximum absolute atomic E-state index is 5.29. The van der Waals surface area contributed by atoms with Crippen LogP contribution in [0.25, 0.3) is 0 Å². The lowest BCUT2D eigenvalue weighted by Crippen LogP contribution is -2.40. The van der Waals surface area contributed by atoms with Gasteiger partial charge in [0, 0.05) is 19.3 Å². The van der Waals surface area contributed by atoms with Gasteiger partial charge in [0.15, 0.2) is 0 Å². The van der Waals surface area contributed by atoms with Crippen LogP contribution in [-0.2, 0) is 4.74 Å². The molecular weight excluding hydrogens is 166 g/mol. The number of aromatic nitrogens is 2. The van der Waals surface area contributed by atoms with Crippen molar-refractivity contribution in [1.29, 1.82) is 0 Å². The van der Waals surface area contributed by atoms with Gasteiger partial charge in [-0.05, 0) is 13.0 Å². The summed E-state index contributed by atoms with van der Waals surface area (Å²) in [6, 6.07) is 1.83. The zero-order chi connectivity index (χ0) is 9.10. The fourth-order valence-electron chi connectivity index (χ4n) is 1.57. The molecule has 1 aromatic heterocycles. The summed E-state index contributed by atoms with van der Waals surface area (Å²) in [6.07, 6.45) is 5.06. The van der Waals surface area contributed by atoms with Crippen molar-refractivity contribution in [3.8, 4) is 0 Å². The highest BCUT2D eigenvalue weighted by Crippen LogP contribution is 2.12. The molecule has 1 aliphatic heterocycles. The Kier molecular flexibility index (Phi) is 2.61. The Labute approximate surface area is 78.1 Å². The molecule has 4 heteroatoms. The molecule has 0 N–H and O–H groups in total. The largest absolute Gasteiger partial charge is 0.379 e. The van der Waals surface area contributed by atoms with Crippen LogP contribution in [0.15, 0.2) is 12.3 Å². The van der Waals surface area contributed by atoms with Gasteiger partial charge in [-0.15, -0.1) is 0 Å². The van der Waals surface area contributed by atoms with E-state index in [0.717, 1.165) is 26.3 Å². The molecule has 0 spiro atoms. The van der Waals surface area contributed by atoms with Crippen LogP contribution in [0.4, 0.5) is 0 Å². The molecule has 0 aromatic carbocycles. The van der Waals surface area contributed by atoms with Gasteiger partial charge in [0.2, 0.25) is 0 Å². The van der Waals surface area contributed by atoms with Crippen LogP contribution in [0.1, 0.15) is 13.1 Å². The molecular formula is C9H14N3O. The van der Waals surface area contributed by atoms with Crippen molar-refractivity contribution >= 4 is 0 Å². The predicted octanol–water partition coefficient (Wildman–Crippen LogP) is 0.534. The number of ether oxygens (including phenoxy) is 1. The summed E-state index contributed by atoms with van der Waals surface area (Å²) in [5.41, 5.74) is 0. The normalized spacial score (nSPS) is 21.6. The van der Waals surface area contributed by atoms with Gasteiger partial charge in [-0.25, -0.2) is 0 Å². The fraction of sp³-hybridized carbons (Fsp3) is 0.667. The van der Waals surface area contributed by atoms with Gasteiger partial charge >= 0.3 is 0 Å². The van der Waals surface area contributed by atoms with E-state index in [1.54, 1.807) is 0 Å². The first kappa shape index (κ1) is 8.72. The summed E-state index contributed by atoms with van der Waals surface area (Å²) in [7, 11) is 0. The Morgan fingerprint density at radius 1 is 1.46 bits per heavy atom. The molecule has 0 amide bonds. The van der Waals surface area contributed by atoms with Gasteiger partial charge in [0.25, 0.3) is 0 Å². The average Bonchev–Trinajstić information content (AvgIpc) is 2.71. The van der Waals surface area contributed by atoms with E-state index in [1.807, 2.05) is 16.9 Å². The highest BCUT2D eigenvalue weighted by atomic mass is 16.5. The van der Waals surface area contributed by atoms with E-state index in [0.29, 0.717) is 6.17 Å². The van der Waals surface area contributed by atoms with Crippen LogP contribution in [0.2, 0.25) is 0 Å². The van der Waals surface area contributed by atoms with Crippen molar-refractivity contribution in [3.05, 3.63) is 18.5 Å². The third-order valence-electron chi connectivity index (χ3n) is 2.43. The molecule has 1 saturated heterocycles. The van der Waals surface area contributed by atoms with E-state index in [2.05, 4.69) is 23.1 Å². The lowest BCUT2D eigenvalue weighted by atomic mass is 10.4. The number of morpholine rings is 1. The average molecular weight is 180 g/mol. The highest BCUT2D eigenvalue weighted by molar-refractivity contribution is 4.79. The molecule has 0 saturated carbocycles. The molecule has 1 aliphatic rings. The molecule has 0 aliphatic carbocycles. The monoisotopic (exact) mass is 180 g/mol. The zero-order valence-corrected chi connectivity index (χ0v) is 7.81. The Balaban J connectivity index is 1.99. The third kappa shape index (κ3) is 1.89. The second-order valence-corrected chi connectivity index (χ2v) is 3.21. The van der Waals surface area contributed by atoms with E-state index in [9.17, 15) is 0 Å². The molecule has 13 heavy (non-hydrogen) atoms. The van der Waals surface area contributed by atoms with Crippen molar-refractivity contribution in [2.24, 2.45) is 0 Å². The molecule has 1 atom stereocenters. The summed E-state index contributed by atoms with van der Waals surface area (Å²) < 4.78 is 7.21. The SMILES string of the molecule is CC(N1CCOCC1)n1cc[c]n1. The van der Waals surface area contributed by atoms with Crippen LogP contribution >= 0.6 is 0 Å². The van der Waals surface area contributed by atoms with E-state index >= 15 is 0 Å².